The van der Waals surface area contributed by atoms with Crippen LogP contribution in [0.1, 0.15) is 18.4 Å². The molecule has 1 heterocycles. The molecule has 0 saturated carbocycles. The third-order valence-corrected chi connectivity index (χ3v) is 3.69. The van der Waals surface area contributed by atoms with Gasteiger partial charge in [-0.3, -0.25) is 4.79 Å². The minimum atomic E-state index is 0. The fourth-order valence-corrected chi connectivity index (χ4v) is 2.63. The number of nitrogens with two attached hydrogens (primary N) is 1. The van der Waals surface area contributed by atoms with E-state index in [0.717, 1.165) is 24.9 Å². The van der Waals surface area contributed by atoms with Gasteiger partial charge in [0.15, 0.2) is 6.61 Å². The van der Waals surface area contributed by atoms with E-state index < -0.39 is 0 Å². The molecular formula is C14H20Cl2N2O2. The van der Waals surface area contributed by atoms with Gasteiger partial charge in [-0.1, -0.05) is 11.6 Å². The van der Waals surface area contributed by atoms with Crippen LogP contribution < -0.4 is 10.5 Å². The molecule has 1 unspecified atom stereocenters. The number of aryl methyl sites for hydroxylation is 1. The number of carbonyl (C=O) groups is 1. The third kappa shape index (κ3) is 4.01. The molecule has 1 fully saturated rings. The molecule has 0 spiro atoms. The molecule has 0 bridgehead atoms. The Labute approximate surface area is 130 Å². The Morgan fingerprint density at radius 3 is 2.95 bits per heavy atom. The Hall–Kier alpha value is -0.970. The van der Waals surface area contributed by atoms with Crippen molar-refractivity contribution in [1.82, 2.24) is 4.90 Å². The second-order valence-electron chi connectivity index (χ2n) is 4.82. The molecule has 20 heavy (non-hydrogen) atoms. The molecule has 4 nitrogen and oxygen atoms in total. The first-order valence-electron chi connectivity index (χ1n) is 6.50. The van der Waals surface area contributed by atoms with Crippen molar-refractivity contribution in [3.8, 4) is 5.75 Å². The van der Waals surface area contributed by atoms with Crippen LogP contribution in [0.4, 0.5) is 0 Å². The first-order valence-corrected chi connectivity index (χ1v) is 6.88. The number of halogens is 2. The summed E-state index contributed by atoms with van der Waals surface area (Å²) in [5.74, 6) is 0.698. The average Bonchev–Trinajstić information content (AvgIpc) is 2.85. The molecule has 1 aromatic rings. The summed E-state index contributed by atoms with van der Waals surface area (Å²) in [6.45, 7) is 3.26. The molecule has 2 rings (SSSR count). The van der Waals surface area contributed by atoms with Crippen molar-refractivity contribution >= 4 is 29.9 Å². The summed E-state index contributed by atoms with van der Waals surface area (Å²) in [6, 6.07) is 5.53. The Balaban J connectivity index is 0.00000200. The summed E-state index contributed by atoms with van der Waals surface area (Å²) in [4.78, 5) is 13.9. The Morgan fingerprint density at radius 1 is 1.55 bits per heavy atom. The van der Waals surface area contributed by atoms with Gasteiger partial charge in [0.2, 0.25) is 0 Å². The summed E-state index contributed by atoms with van der Waals surface area (Å²) >= 11 is 5.88. The summed E-state index contributed by atoms with van der Waals surface area (Å²) in [5.41, 5.74) is 6.59. The van der Waals surface area contributed by atoms with E-state index in [1.54, 1.807) is 12.1 Å². The highest BCUT2D eigenvalue weighted by Crippen LogP contribution is 2.22. The van der Waals surface area contributed by atoms with Crippen LogP contribution >= 0.6 is 24.0 Å². The maximum Gasteiger partial charge on any atom is 0.260 e. The quantitative estimate of drug-likeness (QED) is 0.927. The van der Waals surface area contributed by atoms with Crippen molar-refractivity contribution in [2.75, 3.05) is 19.7 Å². The highest BCUT2D eigenvalue weighted by molar-refractivity contribution is 6.30. The van der Waals surface area contributed by atoms with Gasteiger partial charge < -0.3 is 15.4 Å². The first-order chi connectivity index (χ1) is 9.11. The minimum Gasteiger partial charge on any atom is -0.483 e. The summed E-state index contributed by atoms with van der Waals surface area (Å²) in [6.07, 6.45) is 2.01. The fraction of sp³-hybridized carbons (Fsp3) is 0.500. The van der Waals surface area contributed by atoms with Crippen LogP contribution in [-0.4, -0.2) is 36.5 Å². The van der Waals surface area contributed by atoms with E-state index in [1.165, 1.54) is 0 Å². The molecule has 1 aromatic carbocycles. The van der Waals surface area contributed by atoms with E-state index in [4.69, 9.17) is 22.1 Å². The number of carbonyl (C=O) groups excluding carboxylic acids is 1. The minimum absolute atomic E-state index is 0. The van der Waals surface area contributed by atoms with Gasteiger partial charge in [0.25, 0.3) is 5.91 Å². The van der Waals surface area contributed by atoms with Gasteiger partial charge in [-0.25, -0.2) is 0 Å². The van der Waals surface area contributed by atoms with Crippen molar-refractivity contribution in [2.24, 2.45) is 5.73 Å². The van der Waals surface area contributed by atoms with E-state index in [0.29, 0.717) is 17.3 Å². The summed E-state index contributed by atoms with van der Waals surface area (Å²) < 4.78 is 5.57. The maximum absolute atomic E-state index is 12.1. The van der Waals surface area contributed by atoms with Crippen LogP contribution in [-0.2, 0) is 4.79 Å². The Bertz CT molecular complexity index is 468. The van der Waals surface area contributed by atoms with Crippen molar-refractivity contribution < 1.29 is 9.53 Å². The predicted molar refractivity (Wildman–Crippen MR) is 82.7 cm³/mol. The first kappa shape index (κ1) is 17.1. The number of likely N-dealkylation sites (tertiary alicyclic amines) is 1. The number of hydrogen-bond donors (Lipinski definition) is 1. The highest BCUT2D eigenvalue weighted by Gasteiger charge is 2.27. The van der Waals surface area contributed by atoms with E-state index >= 15 is 0 Å². The maximum atomic E-state index is 12.1. The third-order valence-electron chi connectivity index (χ3n) is 3.46. The average molecular weight is 319 g/mol. The smallest absolute Gasteiger partial charge is 0.260 e. The monoisotopic (exact) mass is 318 g/mol. The van der Waals surface area contributed by atoms with Gasteiger partial charge in [0.1, 0.15) is 5.75 Å². The summed E-state index contributed by atoms with van der Waals surface area (Å²) in [7, 11) is 0. The number of hydrogen-bond acceptors (Lipinski definition) is 3. The largest absolute Gasteiger partial charge is 0.483 e. The van der Waals surface area contributed by atoms with Gasteiger partial charge in [0, 0.05) is 24.2 Å². The zero-order valence-corrected chi connectivity index (χ0v) is 13.0. The van der Waals surface area contributed by atoms with Crippen LogP contribution in [0.3, 0.4) is 0 Å². The molecule has 1 aliphatic rings. The second-order valence-corrected chi connectivity index (χ2v) is 5.25. The van der Waals surface area contributed by atoms with E-state index in [-0.39, 0.29) is 31.0 Å². The van der Waals surface area contributed by atoms with Crippen molar-refractivity contribution in [1.29, 1.82) is 0 Å². The molecule has 112 valence electrons. The zero-order chi connectivity index (χ0) is 13.8. The normalized spacial score (nSPS) is 17.8. The fourth-order valence-electron chi connectivity index (χ4n) is 2.41. The molecule has 0 radical (unpaired) electrons. The molecule has 1 amide bonds. The van der Waals surface area contributed by atoms with E-state index in [9.17, 15) is 4.79 Å². The number of ether oxygens (including phenoxy) is 1. The zero-order valence-electron chi connectivity index (χ0n) is 11.5. The van der Waals surface area contributed by atoms with Crippen LogP contribution in [0.2, 0.25) is 5.02 Å². The lowest BCUT2D eigenvalue weighted by atomic mass is 10.2. The number of benzene rings is 1. The lowest BCUT2D eigenvalue weighted by molar-refractivity contribution is -0.134. The molecular weight excluding hydrogens is 299 g/mol. The number of nitrogens with zero attached hydrogens (tertiary/aromatic N) is 1. The Morgan fingerprint density at radius 2 is 2.30 bits per heavy atom. The molecule has 0 aliphatic carbocycles. The summed E-state index contributed by atoms with van der Waals surface area (Å²) in [5, 5.41) is 0.666. The van der Waals surface area contributed by atoms with E-state index in [1.807, 2.05) is 17.9 Å². The van der Waals surface area contributed by atoms with Crippen LogP contribution in [0, 0.1) is 6.92 Å². The standard InChI is InChI=1S/C14H19ClN2O2.ClH/c1-10-7-11(15)4-5-13(10)19-9-14(18)17-6-2-3-12(17)8-16;/h4-5,7,12H,2-3,6,8-9,16H2,1H3;1H. The van der Waals surface area contributed by atoms with Crippen molar-refractivity contribution in [3.05, 3.63) is 28.8 Å². The van der Waals surface area contributed by atoms with Crippen molar-refractivity contribution in [3.63, 3.8) is 0 Å². The van der Waals surface area contributed by atoms with Crippen molar-refractivity contribution in [2.45, 2.75) is 25.8 Å². The molecule has 1 saturated heterocycles. The topological polar surface area (TPSA) is 55.6 Å². The van der Waals surface area contributed by atoms with Crippen LogP contribution in [0.15, 0.2) is 18.2 Å². The lowest BCUT2D eigenvalue weighted by Gasteiger charge is -2.23. The molecule has 1 atom stereocenters. The lowest BCUT2D eigenvalue weighted by Crippen LogP contribution is -2.42. The van der Waals surface area contributed by atoms with Crippen LogP contribution in [0.5, 0.6) is 5.75 Å². The predicted octanol–water partition coefficient (Wildman–Crippen LogP) is 2.40. The second kappa shape index (κ2) is 7.72. The SMILES string of the molecule is Cc1cc(Cl)ccc1OCC(=O)N1CCCC1CN.Cl. The van der Waals surface area contributed by atoms with Gasteiger partial charge in [0.05, 0.1) is 0 Å². The number of rotatable bonds is 4. The van der Waals surface area contributed by atoms with Gasteiger partial charge in [-0.15, -0.1) is 12.4 Å². The molecule has 6 heteroatoms. The van der Waals surface area contributed by atoms with Gasteiger partial charge in [-0.2, -0.15) is 0 Å². The molecule has 2 N–H and O–H groups in total. The molecule has 0 aromatic heterocycles. The van der Waals surface area contributed by atoms with E-state index in [2.05, 4.69) is 0 Å². The Kier molecular flexibility index (Phi) is 6.59. The highest BCUT2D eigenvalue weighted by atomic mass is 35.5. The van der Waals surface area contributed by atoms with Gasteiger partial charge >= 0.3 is 0 Å². The number of amides is 1. The van der Waals surface area contributed by atoms with Crippen LogP contribution in [0.25, 0.3) is 0 Å². The molecule has 1 aliphatic heterocycles. The van der Waals surface area contributed by atoms with Gasteiger partial charge in [-0.05, 0) is 43.5 Å².